The Morgan fingerprint density at radius 3 is 2.73 bits per heavy atom. The van der Waals surface area contributed by atoms with Gasteiger partial charge in [-0.25, -0.2) is 0 Å². The van der Waals surface area contributed by atoms with E-state index in [1.165, 1.54) is 4.90 Å². The smallest absolute Gasteiger partial charge is 0.247 e. The molecule has 140 valence electrons. The number of allylic oxidation sites excluding steroid dienone is 1. The number of nitrogens with one attached hydrogen (secondary N) is 1. The van der Waals surface area contributed by atoms with Crippen LogP contribution in [0.15, 0.2) is 24.3 Å². The van der Waals surface area contributed by atoms with E-state index < -0.39 is 6.04 Å². The fourth-order valence-corrected chi connectivity index (χ4v) is 3.41. The van der Waals surface area contributed by atoms with Gasteiger partial charge >= 0.3 is 0 Å². The van der Waals surface area contributed by atoms with Crippen molar-refractivity contribution in [3.8, 4) is 5.75 Å². The molecule has 0 bridgehead atoms. The van der Waals surface area contributed by atoms with E-state index in [0.29, 0.717) is 30.2 Å². The number of likely N-dealkylation sites (tertiary alicyclic amines) is 1. The van der Waals surface area contributed by atoms with Gasteiger partial charge in [0.15, 0.2) is 0 Å². The molecule has 1 unspecified atom stereocenters. The Balaban J connectivity index is 1.72. The molecular formula is C20H26N2O4. The molecule has 0 aromatic heterocycles. The molecule has 2 fully saturated rings. The van der Waals surface area contributed by atoms with E-state index in [2.05, 4.69) is 17.5 Å². The third-order valence-corrected chi connectivity index (χ3v) is 5.10. The number of methoxy groups -OCH3 is 1. The maximum Gasteiger partial charge on any atom is 0.247 e. The van der Waals surface area contributed by atoms with E-state index in [9.17, 15) is 9.59 Å². The number of anilines is 1. The maximum atomic E-state index is 12.6. The SMILES string of the molecule is COc1ccc(C=CC2CCOCC2)cc1NC(=O)C1CCC(=O)N1C. The highest BCUT2D eigenvalue weighted by molar-refractivity contribution is 6.00. The summed E-state index contributed by atoms with van der Waals surface area (Å²) in [6.07, 6.45) is 7.33. The fraction of sp³-hybridized carbons (Fsp3) is 0.500. The predicted molar refractivity (Wildman–Crippen MR) is 100.0 cm³/mol. The van der Waals surface area contributed by atoms with Gasteiger partial charge in [-0.15, -0.1) is 0 Å². The number of hydrogen-bond donors (Lipinski definition) is 1. The summed E-state index contributed by atoms with van der Waals surface area (Å²) >= 11 is 0. The van der Waals surface area contributed by atoms with Crippen LogP contribution in [-0.4, -0.2) is 50.1 Å². The molecule has 26 heavy (non-hydrogen) atoms. The van der Waals surface area contributed by atoms with Crippen LogP contribution in [0.4, 0.5) is 5.69 Å². The Kier molecular flexibility index (Phi) is 5.93. The Labute approximate surface area is 154 Å². The van der Waals surface area contributed by atoms with E-state index in [0.717, 1.165) is 31.6 Å². The van der Waals surface area contributed by atoms with Crippen molar-refractivity contribution >= 4 is 23.6 Å². The van der Waals surface area contributed by atoms with Crippen molar-refractivity contribution < 1.29 is 19.1 Å². The molecule has 2 aliphatic heterocycles. The molecule has 0 aliphatic carbocycles. The summed E-state index contributed by atoms with van der Waals surface area (Å²) in [5.74, 6) is 0.961. The third-order valence-electron chi connectivity index (χ3n) is 5.10. The molecule has 0 radical (unpaired) electrons. The normalized spacial score (nSPS) is 21.4. The molecule has 1 atom stereocenters. The van der Waals surface area contributed by atoms with Crippen molar-refractivity contribution in [2.75, 3.05) is 32.7 Å². The zero-order valence-corrected chi connectivity index (χ0v) is 15.4. The van der Waals surface area contributed by atoms with Crippen molar-refractivity contribution in [3.63, 3.8) is 0 Å². The van der Waals surface area contributed by atoms with Crippen LogP contribution in [0.5, 0.6) is 5.75 Å². The number of benzene rings is 1. The van der Waals surface area contributed by atoms with Crippen LogP contribution >= 0.6 is 0 Å². The average molecular weight is 358 g/mol. The minimum Gasteiger partial charge on any atom is -0.495 e. The standard InChI is InChI=1S/C20H26N2O4/c1-22-17(6-8-19(22)23)20(24)21-16-13-15(5-7-18(16)25-2)4-3-14-9-11-26-12-10-14/h3-5,7,13-14,17H,6,8-12H2,1-2H3,(H,21,24). The maximum absolute atomic E-state index is 12.6. The van der Waals surface area contributed by atoms with E-state index >= 15 is 0 Å². The molecule has 6 nitrogen and oxygen atoms in total. The minimum absolute atomic E-state index is 0.00487. The number of hydrogen-bond acceptors (Lipinski definition) is 4. The Bertz CT molecular complexity index is 695. The molecule has 2 heterocycles. The first-order valence-electron chi connectivity index (χ1n) is 9.09. The van der Waals surface area contributed by atoms with Gasteiger partial charge < -0.3 is 19.7 Å². The molecule has 2 amide bonds. The molecular weight excluding hydrogens is 332 g/mol. The lowest BCUT2D eigenvalue weighted by atomic mass is 9.99. The van der Waals surface area contributed by atoms with E-state index in [4.69, 9.17) is 9.47 Å². The number of carbonyl (C=O) groups excluding carboxylic acids is 2. The first kappa shape index (κ1) is 18.5. The van der Waals surface area contributed by atoms with E-state index in [1.807, 2.05) is 18.2 Å². The number of ether oxygens (including phenoxy) is 2. The van der Waals surface area contributed by atoms with Gasteiger partial charge in [0.25, 0.3) is 0 Å². The summed E-state index contributed by atoms with van der Waals surface area (Å²) in [5, 5.41) is 2.92. The zero-order chi connectivity index (χ0) is 18.5. The number of rotatable bonds is 5. The minimum atomic E-state index is -0.423. The Morgan fingerprint density at radius 1 is 1.31 bits per heavy atom. The van der Waals surface area contributed by atoms with Crippen LogP contribution in [0.3, 0.4) is 0 Å². The highest BCUT2D eigenvalue weighted by atomic mass is 16.5. The summed E-state index contributed by atoms with van der Waals surface area (Å²) in [5.41, 5.74) is 1.63. The summed E-state index contributed by atoms with van der Waals surface area (Å²) < 4.78 is 10.8. The second-order valence-corrected chi connectivity index (χ2v) is 6.82. The largest absolute Gasteiger partial charge is 0.495 e. The summed E-state index contributed by atoms with van der Waals surface area (Å²) in [4.78, 5) is 25.7. The monoisotopic (exact) mass is 358 g/mol. The third kappa shape index (κ3) is 4.25. The molecule has 3 rings (SSSR count). The second-order valence-electron chi connectivity index (χ2n) is 6.82. The molecule has 1 aromatic carbocycles. The van der Waals surface area contributed by atoms with Gasteiger partial charge in [0.05, 0.1) is 12.8 Å². The van der Waals surface area contributed by atoms with Crippen LogP contribution in [-0.2, 0) is 14.3 Å². The molecule has 6 heteroatoms. The van der Waals surface area contributed by atoms with Crippen molar-refractivity contribution in [2.45, 2.75) is 31.7 Å². The van der Waals surface area contributed by atoms with Crippen LogP contribution in [0.2, 0.25) is 0 Å². The summed E-state index contributed by atoms with van der Waals surface area (Å²) in [6.45, 7) is 1.62. The van der Waals surface area contributed by atoms with Crippen molar-refractivity contribution in [1.82, 2.24) is 4.90 Å². The quantitative estimate of drug-likeness (QED) is 0.879. The van der Waals surface area contributed by atoms with Crippen molar-refractivity contribution in [3.05, 3.63) is 29.8 Å². The van der Waals surface area contributed by atoms with Crippen LogP contribution < -0.4 is 10.1 Å². The van der Waals surface area contributed by atoms with E-state index in [1.54, 1.807) is 14.2 Å². The van der Waals surface area contributed by atoms with Gasteiger partial charge in [-0.3, -0.25) is 9.59 Å². The van der Waals surface area contributed by atoms with Gasteiger partial charge in [-0.2, -0.15) is 0 Å². The predicted octanol–water partition coefficient (Wildman–Crippen LogP) is 2.69. The van der Waals surface area contributed by atoms with Crippen molar-refractivity contribution in [1.29, 1.82) is 0 Å². The van der Waals surface area contributed by atoms with Gasteiger partial charge in [-0.05, 0) is 42.9 Å². The number of carbonyl (C=O) groups is 2. The lowest BCUT2D eigenvalue weighted by Gasteiger charge is -2.20. The molecule has 1 aromatic rings. The summed E-state index contributed by atoms with van der Waals surface area (Å²) in [7, 11) is 3.25. The van der Waals surface area contributed by atoms with Gasteiger partial charge in [-0.1, -0.05) is 18.2 Å². The molecule has 2 aliphatic rings. The van der Waals surface area contributed by atoms with Crippen molar-refractivity contribution in [2.24, 2.45) is 5.92 Å². The molecule has 2 saturated heterocycles. The van der Waals surface area contributed by atoms with Crippen LogP contribution in [0.1, 0.15) is 31.2 Å². The topological polar surface area (TPSA) is 67.9 Å². The highest BCUT2D eigenvalue weighted by Crippen LogP contribution is 2.28. The highest BCUT2D eigenvalue weighted by Gasteiger charge is 2.33. The van der Waals surface area contributed by atoms with Gasteiger partial charge in [0, 0.05) is 26.7 Å². The first-order chi connectivity index (χ1) is 12.6. The lowest BCUT2D eigenvalue weighted by Crippen LogP contribution is -2.38. The Morgan fingerprint density at radius 2 is 2.08 bits per heavy atom. The molecule has 0 saturated carbocycles. The lowest BCUT2D eigenvalue weighted by molar-refractivity contribution is -0.131. The number of likely N-dealkylation sites (N-methyl/N-ethyl adjacent to an activating group) is 1. The van der Waals surface area contributed by atoms with Gasteiger partial charge in [0.2, 0.25) is 11.8 Å². The number of amides is 2. The zero-order valence-electron chi connectivity index (χ0n) is 15.4. The average Bonchev–Trinajstić information content (AvgIpc) is 3.00. The Hall–Kier alpha value is -2.34. The molecule has 0 spiro atoms. The van der Waals surface area contributed by atoms with Crippen LogP contribution in [0, 0.1) is 5.92 Å². The molecule has 1 N–H and O–H groups in total. The van der Waals surface area contributed by atoms with E-state index in [-0.39, 0.29) is 11.8 Å². The second kappa shape index (κ2) is 8.36. The number of nitrogens with zero attached hydrogens (tertiary/aromatic N) is 1. The van der Waals surface area contributed by atoms with Crippen LogP contribution in [0.25, 0.3) is 6.08 Å². The fourth-order valence-electron chi connectivity index (χ4n) is 3.41. The van der Waals surface area contributed by atoms with Gasteiger partial charge in [0.1, 0.15) is 11.8 Å². The summed E-state index contributed by atoms with van der Waals surface area (Å²) in [6, 6.07) is 5.30. The first-order valence-corrected chi connectivity index (χ1v) is 9.09.